The largest absolute Gasteiger partial charge is 0.388 e. The Kier molecular flexibility index (Phi) is 3.93. The van der Waals surface area contributed by atoms with Crippen LogP contribution in [0.4, 0.5) is 0 Å². The van der Waals surface area contributed by atoms with Crippen molar-refractivity contribution in [1.29, 1.82) is 0 Å². The van der Waals surface area contributed by atoms with Gasteiger partial charge in [-0.2, -0.15) is 0 Å². The number of fused-ring (bicyclic) bond motifs is 1. The maximum absolute atomic E-state index is 10.6. The van der Waals surface area contributed by atoms with Crippen LogP contribution in [0.5, 0.6) is 0 Å². The minimum Gasteiger partial charge on any atom is -0.388 e. The first-order chi connectivity index (χ1) is 9.28. The molecular weight excluding hydrogens is 232 g/mol. The van der Waals surface area contributed by atoms with E-state index >= 15 is 0 Å². The van der Waals surface area contributed by atoms with Gasteiger partial charge in [-0.1, -0.05) is 44.4 Å². The SMILES string of the molecule is CCC1CCC(C(O)c2ccc3c(c2)CCC3)CC1. The van der Waals surface area contributed by atoms with Gasteiger partial charge in [0.15, 0.2) is 0 Å². The van der Waals surface area contributed by atoms with Crippen molar-refractivity contribution >= 4 is 0 Å². The lowest BCUT2D eigenvalue weighted by atomic mass is 9.77. The Morgan fingerprint density at radius 3 is 2.58 bits per heavy atom. The van der Waals surface area contributed by atoms with E-state index in [0.29, 0.717) is 5.92 Å². The van der Waals surface area contributed by atoms with E-state index in [9.17, 15) is 5.11 Å². The fourth-order valence-corrected chi connectivity index (χ4v) is 3.96. The summed E-state index contributed by atoms with van der Waals surface area (Å²) in [4.78, 5) is 0. The highest BCUT2D eigenvalue weighted by atomic mass is 16.3. The molecule has 19 heavy (non-hydrogen) atoms. The van der Waals surface area contributed by atoms with E-state index in [0.717, 1.165) is 5.92 Å². The van der Waals surface area contributed by atoms with Crippen LogP contribution in [0.25, 0.3) is 0 Å². The molecule has 1 heteroatoms. The van der Waals surface area contributed by atoms with Gasteiger partial charge in [0.1, 0.15) is 0 Å². The van der Waals surface area contributed by atoms with Crippen LogP contribution in [0.2, 0.25) is 0 Å². The summed E-state index contributed by atoms with van der Waals surface area (Å²) in [6.45, 7) is 2.29. The van der Waals surface area contributed by atoms with E-state index in [2.05, 4.69) is 25.1 Å². The zero-order valence-corrected chi connectivity index (χ0v) is 12.1. The Balaban J connectivity index is 1.68. The predicted molar refractivity (Wildman–Crippen MR) is 79.2 cm³/mol. The van der Waals surface area contributed by atoms with Gasteiger partial charge < -0.3 is 5.11 Å². The van der Waals surface area contributed by atoms with Gasteiger partial charge >= 0.3 is 0 Å². The molecule has 1 aromatic rings. The molecule has 0 aliphatic heterocycles. The van der Waals surface area contributed by atoms with Crippen molar-refractivity contribution in [2.75, 3.05) is 0 Å². The highest BCUT2D eigenvalue weighted by Gasteiger charge is 2.27. The van der Waals surface area contributed by atoms with Crippen LogP contribution >= 0.6 is 0 Å². The van der Waals surface area contributed by atoms with E-state index in [1.807, 2.05) is 0 Å². The van der Waals surface area contributed by atoms with Crippen molar-refractivity contribution in [3.63, 3.8) is 0 Å². The second kappa shape index (κ2) is 5.66. The van der Waals surface area contributed by atoms with Crippen LogP contribution in [-0.4, -0.2) is 5.11 Å². The van der Waals surface area contributed by atoms with Crippen LogP contribution in [0, 0.1) is 11.8 Å². The molecule has 0 heterocycles. The lowest BCUT2D eigenvalue weighted by Gasteiger charge is -2.31. The molecule has 1 N–H and O–H groups in total. The van der Waals surface area contributed by atoms with E-state index in [4.69, 9.17) is 0 Å². The van der Waals surface area contributed by atoms with Crippen LogP contribution in [0.1, 0.15) is 68.2 Å². The number of benzene rings is 1. The quantitative estimate of drug-likeness (QED) is 0.850. The number of aliphatic hydroxyl groups is 1. The number of rotatable bonds is 3. The Morgan fingerprint density at radius 2 is 1.84 bits per heavy atom. The molecule has 1 atom stereocenters. The van der Waals surface area contributed by atoms with Gasteiger partial charge in [-0.15, -0.1) is 0 Å². The molecule has 1 unspecified atom stereocenters. The molecule has 104 valence electrons. The minimum atomic E-state index is -0.233. The predicted octanol–water partition coefficient (Wildman–Crippen LogP) is 4.43. The third-order valence-corrected chi connectivity index (χ3v) is 5.38. The molecule has 3 rings (SSSR count). The van der Waals surface area contributed by atoms with Crippen LogP contribution < -0.4 is 0 Å². The third-order valence-electron chi connectivity index (χ3n) is 5.38. The summed E-state index contributed by atoms with van der Waals surface area (Å²) in [5.74, 6) is 1.39. The summed E-state index contributed by atoms with van der Waals surface area (Å²) in [5.41, 5.74) is 4.16. The molecule has 2 aliphatic rings. The van der Waals surface area contributed by atoms with E-state index in [1.165, 1.54) is 68.1 Å². The average Bonchev–Trinajstić information content (AvgIpc) is 2.94. The van der Waals surface area contributed by atoms with Crippen molar-refractivity contribution in [2.24, 2.45) is 11.8 Å². The molecule has 1 aromatic carbocycles. The Labute approximate surface area is 117 Å². The molecule has 1 nitrogen and oxygen atoms in total. The fraction of sp³-hybridized carbons (Fsp3) is 0.667. The molecule has 2 aliphatic carbocycles. The fourth-order valence-electron chi connectivity index (χ4n) is 3.96. The first kappa shape index (κ1) is 13.2. The van der Waals surface area contributed by atoms with Gasteiger partial charge in [0.2, 0.25) is 0 Å². The van der Waals surface area contributed by atoms with Crippen LogP contribution in [-0.2, 0) is 12.8 Å². The number of hydrogen-bond acceptors (Lipinski definition) is 1. The number of aliphatic hydroxyl groups excluding tert-OH is 1. The Hall–Kier alpha value is -0.820. The smallest absolute Gasteiger partial charge is 0.0818 e. The summed E-state index contributed by atoms with van der Waals surface area (Å²) >= 11 is 0. The number of aryl methyl sites for hydroxylation is 2. The van der Waals surface area contributed by atoms with Gasteiger partial charge in [-0.25, -0.2) is 0 Å². The standard InChI is InChI=1S/C18H26O/c1-2-13-6-8-15(9-7-13)18(19)17-11-10-14-4-3-5-16(14)12-17/h10-13,15,18-19H,2-9H2,1H3. The zero-order chi connectivity index (χ0) is 13.2. The number of hydrogen-bond donors (Lipinski definition) is 1. The lowest BCUT2D eigenvalue weighted by molar-refractivity contribution is 0.0729. The summed E-state index contributed by atoms with van der Waals surface area (Å²) in [7, 11) is 0. The summed E-state index contributed by atoms with van der Waals surface area (Å²) in [6, 6.07) is 6.69. The van der Waals surface area contributed by atoms with Gasteiger partial charge in [-0.3, -0.25) is 0 Å². The second-order valence-electron chi connectivity index (χ2n) is 6.52. The van der Waals surface area contributed by atoms with Gasteiger partial charge in [-0.05, 0) is 60.6 Å². The molecule has 0 amide bonds. The first-order valence-corrected chi connectivity index (χ1v) is 8.07. The molecule has 1 fully saturated rings. The van der Waals surface area contributed by atoms with Crippen molar-refractivity contribution in [3.05, 3.63) is 34.9 Å². The van der Waals surface area contributed by atoms with E-state index in [1.54, 1.807) is 0 Å². The highest BCUT2D eigenvalue weighted by Crippen LogP contribution is 2.38. The molecule has 0 spiro atoms. The topological polar surface area (TPSA) is 20.2 Å². The molecular formula is C18H26O. The molecule has 0 radical (unpaired) electrons. The summed E-state index contributed by atoms with van der Waals surface area (Å²) in [6.07, 6.45) is 9.83. The third kappa shape index (κ3) is 2.72. The van der Waals surface area contributed by atoms with Gasteiger partial charge in [0.05, 0.1) is 6.10 Å². The normalized spacial score (nSPS) is 28.1. The maximum Gasteiger partial charge on any atom is 0.0818 e. The molecule has 1 saturated carbocycles. The Morgan fingerprint density at radius 1 is 1.11 bits per heavy atom. The van der Waals surface area contributed by atoms with Crippen molar-refractivity contribution < 1.29 is 5.11 Å². The first-order valence-electron chi connectivity index (χ1n) is 8.07. The summed E-state index contributed by atoms with van der Waals surface area (Å²) < 4.78 is 0. The van der Waals surface area contributed by atoms with Crippen LogP contribution in [0.15, 0.2) is 18.2 Å². The van der Waals surface area contributed by atoms with Crippen molar-refractivity contribution in [2.45, 2.75) is 64.4 Å². The average molecular weight is 258 g/mol. The van der Waals surface area contributed by atoms with Gasteiger partial charge in [0.25, 0.3) is 0 Å². The molecule has 0 saturated heterocycles. The van der Waals surface area contributed by atoms with Gasteiger partial charge in [0, 0.05) is 0 Å². The molecule has 0 aromatic heterocycles. The minimum absolute atomic E-state index is 0.233. The summed E-state index contributed by atoms with van der Waals surface area (Å²) in [5, 5.41) is 10.6. The zero-order valence-electron chi connectivity index (χ0n) is 12.1. The van der Waals surface area contributed by atoms with Crippen molar-refractivity contribution in [1.82, 2.24) is 0 Å². The highest BCUT2D eigenvalue weighted by molar-refractivity contribution is 5.36. The lowest BCUT2D eigenvalue weighted by Crippen LogP contribution is -2.20. The van der Waals surface area contributed by atoms with E-state index < -0.39 is 0 Å². The monoisotopic (exact) mass is 258 g/mol. The van der Waals surface area contributed by atoms with Crippen molar-refractivity contribution in [3.8, 4) is 0 Å². The maximum atomic E-state index is 10.6. The van der Waals surface area contributed by atoms with Crippen LogP contribution in [0.3, 0.4) is 0 Å². The molecule has 0 bridgehead atoms. The Bertz CT molecular complexity index is 429. The van der Waals surface area contributed by atoms with E-state index in [-0.39, 0.29) is 6.10 Å². The second-order valence-corrected chi connectivity index (χ2v) is 6.52.